The second-order valence-corrected chi connectivity index (χ2v) is 6.46. The minimum absolute atomic E-state index is 0.528. The van der Waals surface area contributed by atoms with E-state index in [0.717, 1.165) is 22.7 Å². The van der Waals surface area contributed by atoms with Crippen molar-refractivity contribution < 1.29 is 9.47 Å². The molecule has 4 rings (SSSR count). The van der Waals surface area contributed by atoms with Crippen LogP contribution in [0.3, 0.4) is 0 Å². The van der Waals surface area contributed by atoms with Gasteiger partial charge in [-0.05, 0) is 58.3 Å². The van der Waals surface area contributed by atoms with Crippen molar-refractivity contribution in [2.45, 2.75) is 6.61 Å². The number of benzene rings is 4. The fourth-order valence-corrected chi connectivity index (χ4v) is 3.08. The van der Waals surface area contributed by atoms with Crippen molar-refractivity contribution in [1.29, 1.82) is 0 Å². The van der Waals surface area contributed by atoms with E-state index in [4.69, 9.17) is 9.47 Å². The summed E-state index contributed by atoms with van der Waals surface area (Å²) in [6.07, 6.45) is 1.84. The summed E-state index contributed by atoms with van der Waals surface area (Å²) in [6, 6.07) is 30.3. The number of hydrogen-bond acceptors (Lipinski definition) is 3. The monoisotopic (exact) mass is 367 g/mol. The van der Waals surface area contributed by atoms with E-state index in [0.29, 0.717) is 6.61 Å². The number of nitrogens with zero attached hydrogens (tertiary/aromatic N) is 1. The van der Waals surface area contributed by atoms with Crippen molar-refractivity contribution in [1.82, 2.24) is 0 Å². The Morgan fingerprint density at radius 2 is 1.57 bits per heavy atom. The molecule has 138 valence electrons. The first kappa shape index (κ1) is 17.8. The van der Waals surface area contributed by atoms with Crippen LogP contribution in [0.5, 0.6) is 11.5 Å². The van der Waals surface area contributed by atoms with Crippen LogP contribution in [0, 0.1) is 0 Å². The molecule has 0 saturated carbocycles. The molecule has 3 nitrogen and oxygen atoms in total. The first-order valence-electron chi connectivity index (χ1n) is 9.19. The van der Waals surface area contributed by atoms with Crippen LogP contribution in [0.2, 0.25) is 0 Å². The van der Waals surface area contributed by atoms with Gasteiger partial charge in [0.25, 0.3) is 0 Å². The van der Waals surface area contributed by atoms with Crippen LogP contribution in [0.25, 0.3) is 10.8 Å². The molecule has 4 aromatic rings. The highest BCUT2D eigenvalue weighted by atomic mass is 16.5. The molecule has 0 N–H and O–H groups in total. The van der Waals surface area contributed by atoms with Crippen LogP contribution in [0.1, 0.15) is 11.1 Å². The van der Waals surface area contributed by atoms with Crippen LogP contribution in [0.15, 0.2) is 96.0 Å². The van der Waals surface area contributed by atoms with E-state index in [1.807, 2.05) is 54.7 Å². The van der Waals surface area contributed by atoms with Crippen molar-refractivity contribution in [3.63, 3.8) is 0 Å². The van der Waals surface area contributed by atoms with Crippen molar-refractivity contribution in [2.24, 2.45) is 4.99 Å². The average molecular weight is 367 g/mol. The van der Waals surface area contributed by atoms with Crippen LogP contribution in [0.4, 0.5) is 5.69 Å². The zero-order chi connectivity index (χ0) is 19.2. The Hall–Kier alpha value is -3.59. The Morgan fingerprint density at radius 1 is 0.786 bits per heavy atom. The Bertz CT molecular complexity index is 1100. The molecular formula is C25H21NO2. The van der Waals surface area contributed by atoms with Gasteiger partial charge in [-0.1, -0.05) is 54.6 Å². The van der Waals surface area contributed by atoms with Crippen LogP contribution in [-0.4, -0.2) is 13.3 Å². The van der Waals surface area contributed by atoms with Gasteiger partial charge in [0.15, 0.2) is 0 Å². The van der Waals surface area contributed by atoms with Gasteiger partial charge < -0.3 is 9.47 Å². The predicted octanol–water partition coefficient (Wildman–Crippen LogP) is 6.18. The Labute approximate surface area is 164 Å². The van der Waals surface area contributed by atoms with E-state index in [1.165, 1.54) is 16.3 Å². The predicted molar refractivity (Wildman–Crippen MR) is 115 cm³/mol. The molecule has 0 bridgehead atoms. The quantitative estimate of drug-likeness (QED) is 0.381. The molecular weight excluding hydrogens is 346 g/mol. The van der Waals surface area contributed by atoms with Crippen molar-refractivity contribution in [3.05, 3.63) is 102 Å². The van der Waals surface area contributed by atoms with Gasteiger partial charge in [-0.25, -0.2) is 0 Å². The Kier molecular flexibility index (Phi) is 5.34. The smallest absolute Gasteiger partial charge is 0.120 e. The van der Waals surface area contributed by atoms with Crippen molar-refractivity contribution >= 4 is 22.7 Å². The third-order valence-electron chi connectivity index (χ3n) is 4.57. The topological polar surface area (TPSA) is 30.8 Å². The third kappa shape index (κ3) is 4.21. The lowest BCUT2D eigenvalue weighted by molar-refractivity contribution is 0.307. The molecule has 0 aliphatic carbocycles. The summed E-state index contributed by atoms with van der Waals surface area (Å²) in [7, 11) is 1.65. The maximum absolute atomic E-state index is 6.04. The minimum Gasteiger partial charge on any atom is -0.497 e. The fraction of sp³-hybridized carbons (Fsp3) is 0.0800. The summed E-state index contributed by atoms with van der Waals surface area (Å²) >= 11 is 0. The third-order valence-corrected chi connectivity index (χ3v) is 4.57. The van der Waals surface area contributed by atoms with Gasteiger partial charge >= 0.3 is 0 Å². The second kappa shape index (κ2) is 8.40. The first-order valence-corrected chi connectivity index (χ1v) is 9.19. The number of fused-ring (bicyclic) bond motifs is 1. The average Bonchev–Trinajstić information content (AvgIpc) is 2.77. The van der Waals surface area contributed by atoms with Crippen LogP contribution < -0.4 is 9.47 Å². The number of hydrogen-bond donors (Lipinski definition) is 0. The molecule has 0 aromatic heterocycles. The SMILES string of the molecule is COc1ccc(N=Cc2cccc(OCc3cccc4ccccc34)c2)cc1. The van der Waals surface area contributed by atoms with Gasteiger partial charge in [0.2, 0.25) is 0 Å². The van der Waals surface area contributed by atoms with Gasteiger partial charge in [-0.15, -0.1) is 0 Å². The summed E-state index contributed by atoms with van der Waals surface area (Å²) in [5.74, 6) is 1.65. The normalized spacial score (nSPS) is 11.0. The molecule has 0 unspecified atom stereocenters. The molecule has 0 aliphatic rings. The summed E-state index contributed by atoms with van der Waals surface area (Å²) in [4.78, 5) is 4.52. The lowest BCUT2D eigenvalue weighted by Crippen LogP contribution is -1.97. The number of ether oxygens (including phenoxy) is 2. The maximum atomic E-state index is 6.04. The Balaban J connectivity index is 1.46. The van der Waals surface area contributed by atoms with E-state index in [-0.39, 0.29) is 0 Å². The second-order valence-electron chi connectivity index (χ2n) is 6.46. The molecule has 0 fully saturated rings. The molecule has 0 radical (unpaired) electrons. The summed E-state index contributed by atoms with van der Waals surface area (Å²) in [5, 5.41) is 2.45. The fourth-order valence-electron chi connectivity index (χ4n) is 3.08. The van der Waals surface area contributed by atoms with E-state index in [1.54, 1.807) is 7.11 Å². The molecule has 3 heteroatoms. The highest BCUT2D eigenvalue weighted by Crippen LogP contribution is 2.22. The summed E-state index contributed by atoms with van der Waals surface area (Å²) in [5.41, 5.74) is 3.05. The molecule has 0 heterocycles. The van der Waals surface area contributed by atoms with Crippen LogP contribution in [-0.2, 0) is 6.61 Å². The van der Waals surface area contributed by atoms with Crippen molar-refractivity contribution in [3.8, 4) is 11.5 Å². The molecule has 0 atom stereocenters. The van der Waals surface area contributed by atoms with E-state index < -0.39 is 0 Å². The van der Waals surface area contributed by atoms with Crippen LogP contribution >= 0.6 is 0 Å². The van der Waals surface area contributed by atoms with E-state index in [2.05, 4.69) is 47.5 Å². The Morgan fingerprint density at radius 3 is 2.43 bits per heavy atom. The van der Waals surface area contributed by atoms with Gasteiger partial charge in [0.05, 0.1) is 12.8 Å². The molecule has 0 spiro atoms. The largest absolute Gasteiger partial charge is 0.497 e. The lowest BCUT2D eigenvalue weighted by Gasteiger charge is -2.09. The van der Waals surface area contributed by atoms with Crippen molar-refractivity contribution in [2.75, 3.05) is 7.11 Å². The number of methoxy groups -OCH3 is 1. The molecule has 28 heavy (non-hydrogen) atoms. The van der Waals surface area contributed by atoms with E-state index >= 15 is 0 Å². The minimum atomic E-state index is 0.528. The first-order chi connectivity index (χ1) is 13.8. The zero-order valence-corrected chi connectivity index (χ0v) is 15.7. The highest BCUT2D eigenvalue weighted by molar-refractivity contribution is 5.85. The number of rotatable bonds is 6. The molecule has 4 aromatic carbocycles. The number of aliphatic imine (C=N–C) groups is 1. The zero-order valence-electron chi connectivity index (χ0n) is 15.7. The van der Waals surface area contributed by atoms with Gasteiger partial charge in [-0.3, -0.25) is 4.99 Å². The van der Waals surface area contributed by atoms with Gasteiger partial charge in [-0.2, -0.15) is 0 Å². The summed E-state index contributed by atoms with van der Waals surface area (Å²) in [6.45, 7) is 0.528. The van der Waals surface area contributed by atoms with E-state index in [9.17, 15) is 0 Å². The van der Waals surface area contributed by atoms with Gasteiger partial charge in [0.1, 0.15) is 18.1 Å². The summed E-state index contributed by atoms with van der Waals surface area (Å²) < 4.78 is 11.2. The molecule has 0 saturated heterocycles. The van der Waals surface area contributed by atoms with Gasteiger partial charge in [0, 0.05) is 6.21 Å². The standard InChI is InChI=1S/C25H21NO2/c1-27-23-14-12-22(13-15-23)26-17-19-6-4-10-24(16-19)28-18-21-9-5-8-20-7-2-3-11-25(20)21/h2-17H,18H2,1H3. The maximum Gasteiger partial charge on any atom is 0.120 e. The molecule has 0 aliphatic heterocycles. The molecule has 0 amide bonds. The lowest BCUT2D eigenvalue weighted by atomic mass is 10.1. The highest BCUT2D eigenvalue weighted by Gasteiger charge is 2.02.